The summed E-state index contributed by atoms with van der Waals surface area (Å²) in [4.78, 5) is 12.7. The Balaban J connectivity index is 2.86. The maximum absolute atomic E-state index is 12.7. The second-order valence-electron chi connectivity index (χ2n) is 7.04. The third-order valence-corrected chi connectivity index (χ3v) is 5.86. The Labute approximate surface area is 123 Å². The minimum absolute atomic E-state index is 0.00600. The maximum atomic E-state index is 12.7. The normalized spacial score (nSPS) is 30.1. The molecule has 0 radical (unpaired) electrons. The zero-order chi connectivity index (χ0) is 15.6. The van der Waals surface area contributed by atoms with Crippen LogP contribution in [0.3, 0.4) is 0 Å². The van der Waals surface area contributed by atoms with Crippen molar-refractivity contribution in [2.45, 2.75) is 71.9 Å². The molecule has 1 rings (SSSR count). The number of carbonyl (C=O) groups excluding carboxylic acids is 1. The first-order chi connectivity index (χ1) is 9.24. The van der Waals surface area contributed by atoms with E-state index in [2.05, 4.69) is 26.1 Å². The van der Waals surface area contributed by atoms with E-state index in [-0.39, 0.29) is 29.9 Å². The number of hydrogen-bond acceptors (Lipinski definition) is 3. The SMILES string of the molecule is CCC(CC)(CO)NC(=O)C1CCC(N)C(C)C1(C)C. The van der Waals surface area contributed by atoms with Crippen molar-refractivity contribution in [3.05, 3.63) is 0 Å². The number of aliphatic hydroxyl groups is 1. The molecule has 1 saturated carbocycles. The summed E-state index contributed by atoms with van der Waals surface area (Å²) in [5.41, 5.74) is 5.57. The minimum atomic E-state index is -0.476. The van der Waals surface area contributed by atoms with Gasteiger partial charge in [-0.3, -0.25) is 4.79 Å². The van der Waals surface area contributed by atoms with Crippen molar-refractivity contribution in [3.8, 4) is 0 Å². The lowest BCUT2D eigenvalue weighted by Gasteiger charge is -2.47. The van der Waals surface area contributed by atoms with Gasteiger partial charge in [-0.25, -0.2) is 0 Å². The van der Waals surface area contributed by atoms with Crippen molar-refractivity contribution < 1.29 is 9.90 Å². The van der Waals surface area contributed by atoms with Gasteiger partial charge >= 0.3 is 0 Å². The van der Waals surface area contributed by atoms with E-state index in [9.17, 15) is 9.90 Å². The number of rotatable bonds is 5. The number of aliphatic hydroxyl groups excluding tert-OH is 1. The first-order valence-electron chi connectivity index (χ1n) is 7.92. The molecular weight excluding hydrogens is 252 g/mol. The molecule has 1 aliphatic rings. The van der Waals surface area contributed by atoms with Gasteiger partial charge in [-0.05, 0) is 37.0 Å². The lowest BCUT2D eigenvalue weighted by molar-refractivity contribution is -0.135. The van der Waals surface area contributed by atoms with Gasteiger partial charge in [0.15, 0.2) is 0 Å². The van der Waals surface area contributed by atoms with Crippen LogP contribution >= 0.6 is 0 Å². The van der Waals surface area contributed by atoms with Crippen molar-refractivity contribution in [2.75, 3.05) is 6.61 Å². The van der Waals surface area contributed by atoms with Crippen molar-refractivity contribution in [3.63, 3.8) is 0 Å². The van der Waals surface area contributed by atoms with Crippen LogP contribution in [-0.4, -0.2) is 29.2 Å². The zero-order valence-corrected chi connectivity index (χ0v) is 13.7. The van der Waals surface area contributed by atoms with E-state index in [0.29, 0.717) is 5.92 Å². The first-order valence-corrected chi connectivity index (χ1v) is 7.92. The largest absolute Gasteiger partial charge is 0.394 e. The Kier molecular flexibility index (Phi) is 5.61. The highest BCUT2D eigenvalue weighted by Crippen LogP contribution is 2.44. The number of nitrogens with two attached hydrogens (primary N) is 1. The van der Waals surface area contributed by atoms with Crippen LogP contribution in [0.15, 0.2) is 0 Å². The smallest absolute Gasteiger partial charge is 0.224 e. The van der Waals surface area contributed by atoms with Crippen LogP contribution in [0, 0.1) is 17.3 Å². The van der Waals surface area contributed by atoms with E-state index in [1.54, 1.807) is 0 Å². The summed E-state index contributed by atoms with van der Waals surface area (Å²) in [5, 5.41) is 12.7. The van der Waals surface area contributed by atoms with E-state index in [1.807, 2.05) is 13.8 Å². The predicted molar refractivity (Wildman–Crippen MR) is 82.2 cm³/mol. The summed E-state index contributed by atoms with van der Waals surface area (Å²) >= 11 is 0. The molecule has 0 saturated heterocycles. The van der Waals surface area contributed by atoms with Gasteiger partial charge in [-0.1, -0.05) is 34.6 Å². The standard InChI is InChI=1S/C16H32N2O2/c1-6-16(7-2,10-19)18-14(20)12-8-9-13(17)11(3)15(12,4)5/h11-13,19H,6-10,17H2,1-5H3,(H,18,20). The Hall–Kier alpha value is -0.610. The van der Waals surface area contributed by atoms with Gasteiger partial charge in [-0.15, -0.1) is 0 Å². The quantitative estimate of drug-likeness (QED) is 0.723. The van der Waals surface area contributed by atoms with Crippen LogP contribution in [0.2, 0.25) is 0 Å². The third-order valence-electron chi connectivity index (χ3n) is 5.86. The zero-order valence-electron chi connectivity index (χ0n) is 13.7. The van der Waals surface area contributed by atoms with Crippen molar-refractivity contribution in [2.24, 2.45) is 23.0 Å². The Morgan fingerprint density at radius 2 is 1.90 bits per heavy atom. The molecule has 0 aromatic rings. The molecule has 20 heavy (non-hydrogen) atoms. The average molecular weight is 284 g/mol. The second-order valence-corrected chi connectivity index (χ2v) is 7.04. The molecule has 4 nitrogen and oxygen atoms in total. The summed E-state index contributed by atoms with van der Waals surface area (Å²) < 4.78 is 0. The van der Waals surface area contributed by atoms with Crippen LogP contribution in [0.1, 0.15) is 60.3 Å². The molecule has 3 atom stereocenters. The number of carbonyl (C=O) groups is 1. The summed E-state index contributed by atoms with van der Waals surface area (Å²) in [5.74, 6) is 0.367. The van der Waals surface area contributed by atoms with E-state index in [0.717, 1.165) is 25.7 Å². The fraction of sp³-hybridized carbons (Fsp3) is 0.938. The molecular formula is C16H32N2O2. The lowest BCUT2D eigenvalue weighted by atomic mass is 9.60. The highest BCUT2D eigenvalue weighted by Gasteiger charge is 2.46. The van der Waals surface area contributed by atoms with Crippen LogP contribution < -0.4 is 11.1 Å². The number of nitrogens with one attached hydrogen (secondary N) is 1. The van der Waals surface area contributed by atoms with E-state index in [1.165, 1.54) is 0 Å². The van der Waals surface area contributed by atoms with Gasteiger partial charge in [-0.2, -0.15) is 0 Å². The minimum Gasteiger partial charge on any atom is -0.394 e. The topological polar surface area (TPSA) is 75.3 Å². The molecule has 0 spiro atoms. The Morgan fingerprint density at radius 1 is 1.35 bits per heavy atom. The average Bonchev–Trinajstić information content (AvgIpc) is 2.42. The molecule has 0 aromatic heterocycles. The highest BCUT2D eigenvalue weighted by molar-refractivity contribution is 5.80. The summed E-state index contributed by atoms with van der Waals surface area (Å²) in [6.07, 6.45) is 3.22. The fourth-order valence-corrected chi connectivity index (χ4v) is 3.36. The van der Waals surface area contributed by atoms with Gasteiger partial charge in [0.05, 0.1) is 12.1 Å². The van der Waals surface area contributed by atoms with Gasteiger partial charge in [0.2, 0.25) is 5.91 Å². The molecule has 0 heterocycles. The molecule has 0 aliphatic heterocycles. The van der Waals surface area contributed by atoms with Gasteiger partial charge in [0.1, 0.15) is 0 Å². The molecule has 1 aliphatic carbocycles. The molecule has 118 valence electrons. The van der Waals surface area contributed by atoms with Crippen molar-refractivity contribution in [1.29, 1.82) is 0 Å². The predicted octanol–water partition coefficient (Wildman–Crippen LogP) is 2.05. The van der Waals surface area contributed by atoms with Crippen LogP contribution in [0.4, 0.5) is 0 Å². The Morgan fingerprint density at radius 3 is 2.35 bits per heavy atom. The maximum Gasteiger partial charge on any atom is 0.224 e. The molecule has 0 bridgehead atoms. The van der Waals surface area contributed by atoms with E-state index in [4.69, 9.17) is 5.73 Å². The van der Waals surface area contributed by atoms with Crippen molar-refractivity contribution in [1.82, 2.24) is 5.32 Å². The summed E-state index contributed by atoms with van der Waals surface area (Å²) in [6.45, 7) is 10.4. The highest BCUT2D eigenvalue weighted by atomic mass is 16.3. The van der Waals surface area contributed by atoms with Crippen LogP contribution in [0.25, 0.3) is 0 Å². The summed E-state index contributed by atoms with van der Waals surface area (Å²) in [7, 11) is 0. The van der Waals surface area contributed by atoms with E-state index < -0.39 is 5.54 Å². The first kappa shape index (κ1) is 17.4. The molecule has 4 N–H and O–H groups in total. The lowest BCUT2D eigenvalue weighted by Crippen LogP contribution is -2.57. The molecule has 3 unspecified atom stereocenters. The number of hydrogen-bond donors (Lipinski definition) is 3. The van der Waals surface area contributed by atoms with Crippen LogP contribution in [0.5, 0.6) is 0 Å². The molecule has 4 heteroatoms. The molecule has 1 amide bonds. The molecule has 1 fully saturated rings. The monoisotopic (exact) mass is 284 g/mol. The van der Waals surface area contributed by atoms with Gasteiger partial charge in [0, 0.05) is 12.0 Å². The third kappa shape index (κ3) is 3.17. The fourth-order valence-electron chi connectivity index (χ4n) is 3.36. The summed E-state index contributed by atoms with van der Waals surface area (Å²) in [6, 6.07) is 0.175. The Bertz CT molecular complexity index is 329. The molecule has 0 aromatic carbocycles. The van der Waals surface area contributed by atoms with Gasteiger partial charge in [0.25, 0.3) is 0 Å². The van der Waals surface area contributed by atoms with Crippen molar-refractivity contribution >= 4 is 5.91 Å². The number of amides is 1. The van der Waals surface area contributed by atoms with Crippen LogP contribution in [-0.2, 0) is 4.79 Å². The van der Waals surface area contributed by atoms with E-state index >= 15 is 0 Å². The second kappa shape index (κ2) is 6.44. The van der Waals surface area contributed by atoms with Gasteiger partial charge < -0.3 is 16.2 Å².